The van der Waals surface area contributed by atoms with Crippen molar-refractivity contribution in [3.8, 4) is 51.7 Å². The predicted molar refractivity (Wildman–Crippen MR) is 195 cm³/mol. The first-order valence-electron chi connectivity index (χ1n) is 17.2. The molecule has 4 aromatic rings. The molecule has 2 aliphatic heterocycles. The van der Waals surface area contributed by atoms with E-state index >= 15 is 0 Å². The van der Waals surface area contributed by atoms with E-state index in [1.54, 1.807) is 85.1 Å². The zero-order valence-corrected chi connectivity index (χ0v) is 31.7. The number of carbonyl (C=O) groups is 2. The molecule has 0 bridgehead atoms. The van der Waals surface area contributed by atoms with Crippen LogP contribution in [0.5, 0.6) is 51.7 Å². The van der Waals surface area contributed by atoms with Crippen molar-refractivity contribution in [1.29, 1.82) is 0 Å². The number of rotatable bonds is 12. The van der Waals surface area contributed by atoms with Crippen LogP contribution in [0.15, 0.2) is 60.7 Å². The number of ether oxygens (including phenoxy) is 11. The summed E-state index contributed by atoms with van der Waals surface area (Å²) in [6, 6.07) is 17.9. The van der Waals surface area contributed by atoms with Gasteiger partial charge in [-0.1, -0.05) is 6.07 Å². The van der Waals surface area contributed by atoms with E-state index in [0.29, 0.717) is 79.6 Å². The SMILES string of the molecule is COc1ccc(C2Oc3cc(OC)c4c(c3C(c3ccc(OC)cc3OC)[C@@H]2OC(C)=O)O[C@H](c2ccc(OC)cc2OC)[C@@H](OC(C)=O)C4)c(OC)c1. The maximum Gasteiger partial charge on any atom is 0.303 e. The summed E-state index contributed by atoms with van der Waals surface area (Å²) < 4.78 is 66.1. The minimum absolute atomic E-state index is 0.200. The molecule has 286 valence electrons. The first-order chi connectivity index (χ1) is 26.1. The van der Waals surface area contributed by atoms with Crippen LogP contribution < -0.4 is 42.6 Å². The smallest absolute Gasteiger partial charge is 0.303 e. The van der Waals surface area contributed by atoms with Gasteiger partial charge >= 0.3 is 11.9 Å². The number of esters is 2. The Morgan fingerprint density at radius 2 is 1.04 bits per heavy atom. The maximum absolute atomic E-state index is 13.1. The molecule has 0 spiro atoms. The number of methoxy groups -OCH3 is 7. The van der Waals surface area contributed by atoms with Crippen LogP contribution in [0.2, 0.25) is 0 Å². The molecule has 0 amide bonds. The summed E-state index contributed by atoms with van der Waals surface area (Å²) in [5.41, 5.74) is 3.04. The van der Waals surface area contributed by atoms with E-state index in [1.807, 2.05) is 18.2 Å². The first kappa shape index (κ1) is 37.8. The molecule has 0 saturated carbocycles. The molecule has 0 N–H and O–H groups in total. The summed E-state index contributed by atoms with van der Waals surface area (Å²) in [7, 11) is 10.9. The highest BCUT2D eigenvalue weighted by molar-refractivity contribution is 5.70. The van der Waals surface area contributed by atoms with Gasteiger partial charge in [0, 0.05) is 72.4 Å². The quantitative estimate of drug-likeness (QED) is 0.145. The number of hydrogen-bond donors (Lipinski definition) is 0. The van der Waals surface area contributed by atoms with Gasteiger partial charge in [-0.15, -0.1) is 0 Å². The van der Waals surface area contributed by atoms with Crippen LogP contribution in [0.1, 0.15) is 59.8 Å². The summed E-state index contributed by atoms with van der Waals surface area (Å²) in [6.07, 6.45) is -3.35. The molecule has 13 nitrogen and oxygen atoms in total. The van der Waals surface area contributed by atoms with Gasteiger partial charge in [-0.25, -0.2) is 0 Å². The lowest BCUT2D eigenvalue weighted by atomic mass is 9.77. The zero-order valence-electron chi connectivity index (χ0n) is 31.7. The summed E-state index contributed by atoms with van der Waals surface area (Å²) in [5, 5.41) is 0. The van der Waals surface area contributed by atoms with Crippen LogP contribution in [-0.4, -0.2) is 73.9 Å². The lowest BCUT2D eigenvalue weighted by Crippen LogP contribution is -2.40. The highest BCUT2D eigenvalue weighted by atomic mass is 16.6. The molecule has 4 aromatic carbocycles. The highest BCUT2D eigenvalue weighted by Gasteiger charge is 2.49. The predicted octanol–water partition coefficient (Wildman–Crippen LogP) is 6.55. The molecule has 2 heterocycles. The van der Waals surface area contributed by atoms with Crippen molar-refractivity contribution in [2.24, 2.45) is 0 Å². The second kappa shape index (κ2) is 15.9. The van der Waals surface area contributed by atoms with Crippen molar-refractivity contribution < 1.29 is 61.7 Å². The van der Waals surface area contributed by atoms with Crippen molar-refractivity contribution in [1.82, 2.24) is 0 Å². The van der Waals surface area contributed by atoms with Crippen molar-refractivity contribution >= 4 is 11.9 Å². The average molecular weight is 745 g/mol. The Balaban J connectivity index is 1.66. The maximum atomic E-state index is 13.1. The van der Waals surface area contributed by atoms with Gasteiger partial charge in [0.05, 0.1) is 55.7 Å². The Bertz CT molecular complexity index is 2020. The van der Waals surface area contributed by atoms with Crippen LogP contribution in [0, 0.1) is 0 Å². The standard InChI is InChI=1S/C41H44O13/c1-21(42)51-35-19-29-33(50-9)20-34-37(39(29)54-38(35)27-14-11-24(45-4)17-31(27)48-7)36(26-13-10-23(44-3)16-30(26)47-6)41(52-22(2)43)40(53-34)28-15-12-25(46-5)18-32(28)49-8/h10-18,20,35-36,38,40-41H,19H2,1-9H3/t35-,36?,38+,40?,41-/m0/s1. The Hall–Kier alpha value is -5.98. The Morgan fingerprint density at radius 1 is 0.556 bits per heavy atom. The fourth-order valence-corrected chi connectivity index (χ4v) is 7.28. The van der Waals surface area contributed by atoms with Crippen LogP contribution in [-0.2, 0) is 25.5 Å². The third kappa shape index (κ3) is 7.05. The summed E-state index contributed by atoms with van der Waals surface area (Å²) >= 11 is 0. The molecule has 0 fully saturated rings. The van der Waals surface area contributed by atoms with Crippen molar-refractivity contribution in [2.45, 2.75) is 50.6 Å². The van der Waals surface area contributed by atoms with Gasteiger partial charge in [0.25, 0.3) is 0 Å². The third-order valence-corrected chi connectivity index (χ3v) is 9.63. The lowest BCUT2D eigenvalue weighted by molar-refractivity contribution is -0.154. The van der Waals surface area contributed by atoms with E-state index in [4.69, 9.17) is 52.1 Å². The molecule has 2 aliphatic rings. The zero-order chi connectivity index (χ0) is 38.7. The lowest BCUT2D eigenvalue weighted by Gasteiger charge is -2.43. The molecular formula is C41H44O13. The van der Waals surface area contributed by atoms with Crippen LogP contribution >= 0.6 is 0 Å². The topological polar surface area (TPSA) is 136 Å². The van der Waals surface area contributed by atoms with Gasteiger partial charge in [0.15, 0.2) is 18.3 Å². The normalized spacial score (nSPS) is 19.8. The van der Waals surface area contributed by atoms with Gasteiger partial charge in [-0.3, -0.25) is 9.59 Å². The Kier molecular flexibility index (Phi) is 11.2. The Morgan fingerprint density at radius 3 is 1.52 bits per heavy atom. The van der Waals surface area contributed by atoms with Crippen LogP contribution in [0.25, 0.3) is 0 Å². The molecule has 6 rings (SSSR count). The molecular weight excluding hydrogens is 700 g/mol. The molecule has 0 radical (unpaired) electrons. The average Bonchev–Trinajstić information content (AvgIpc) is 3.18. The van der Waals surface area contributed by atoms with E-state index in [1.165, 1.54) is 21.0 Å². The fraction of sp³-hybridized carbons (Fsp3) is 0.366. The molecule has 54 heavy (non-hydrogen) atoms. The summed E-state index contributed by atoms with van der Waals surface area (Å²) in [6.45, 7) is 2.69. The number of carbonyl (C=O) groups excluding carboxylic acids is 2. The van der Waals surface area contributed by atoms with Crippen molar-refractivity contribution in [3.05, 3.63) is 88.5 Å². The Labute approximate surface area is 313 Å². The van der Waals surface area contributed by atoms with E-state index in [-0.39, 0.29) is 6.42 Å². The van der Waals surface area contributed by atoms with Crippen molar-refractivity contribution in [3.63, 3.8) is 0 Å². The molecule has 13 heteroatoms. The second-order valence-corrected chi connectivity index (χ2v) is 12.6. The van der Waals surface area contributed by atoms with E-state index < -0.39 is 42.3 Å². The molecule has 0 aromatic heterocycles. The van der Waals surface area contributed by atoms with E-state index in [9.17, 15) is 9.59 Å². The minimum atomic E-state index is -0.999. The molecule has 2 unspecified atom stereocenters. The van der Waals surface area contributed by atoms with Crippen LogP contribution in [0.3, 0.4) is 0 Å². The summed E-state index contributed by atoms with van der Waals surface area (Å²) in [4.78, 5) is 25.6. The highest BCUT2D eigenvalue weighted by Crippen LogP contribution is 2.58. The molecule has 0 saturated heterocycles. The number of fused-ring (bicyclic) bond motifs is 3. The van der Waals surface area contributed by atoms with Crippen LogP contribution in [0.4, 0.5) is 0 Å². The first-order valence-corrected chi connectivity index (χ1v) is 17.2. The van der Waals surface area contributed by atoms with Gasteiger partial charge < -0.3 is 52.1 Å². The van der Waals surface area contributed by atoms with Gasteiger partial charge in [0.2, 0.25) is 0 Å². The number of hydrogen-bond acceptors (Lipinski definition) is 13. The number of benzene rings is 4. The third-order valence-electron chi connectivity index (χ3n) is 9.63. The van der Waals surface area contributed by atoms with Gasteiger partial charge in [-0.05, 0) is 30.3 Å². The van der Waals surface area contributed by atoms with Gasteiger partial charge in [-0.2, -0.15) is 0 Å². The monoisotopic (exact) mass is 744 g/mol. The molecule has 5 atom stereocenters. The fourth-order valence-electron chi connectivity index (χ4n) is 7.28. The van der Waals surface area contributed by atoms with Gasteiger partial charge in [0.1, 0.15) is 57.8 Å². The van der Waals surface area contributed by atoms with E-state index in [0.717, 1.165) is 0 Å². The molecule has 0 aliphatic carbocycles. The minimum Gasteiger partial charge on any atom is -0.497 e. The largest absolute Gasteiger partial charge is 0.497 e. The van der Waals surface area contributed by atoms with Crippen molar-refractivity contribution in [2.75, 3.05) is 49.8 Å². The summed E-state index contributed by atoms with van der Waals surface area (Å²) in [5.74, 6) is 2.52. The van der Waals surface area contributed by atoms with E-state index in [2.05, 4.69) is 0 Å². The second-order valence-electron chi connectivity index (χ2n) is 12.6.